The van der Waals surface area contributed by atoms with E-state index < -0.39 is 15.7 Å². The molecule has 112 valence electrons. The molecule has 2 aromatic carbocycles. The van der Waals surface area contributed by atoms with Gasteiger partial charge < -0.3 is 4.42 Å². The Labute approximate surface area is 127 Å². The van der Waals surface area contributed by atoms with E-state index in [2.05, 4.69) is 0 Å². The summed E-state index contributed by atoms with van der Waals surface area (Å²) in [7, 11) is -3.58. The van der Waals surface area contributed by atoms with Crippen molar-refractivity contribution in [3.63, 3.8) is 0 Å². The Morgan fingerprint density at radius 2 is 1.55 bits per heavy atom. The summed E-state index contributed by atoms with van der Waals surface area (Å²) >= 11 is 0. The second kappa shape index (κ2) is 5.42. The van der Waals surface area contributed by atoms with Crippen LogP contribution in [0.1, 0.15) is 0 Å². The van der Waals surface area contributed by atoms with E-state index in [1.54, 1.807) is 12.3 Å². The van der Waals surface area contributed by atoms with Gasteiger partial charge in [0.1, 0.15) is 10.7 Å². The van der Waals surface area contributed by atoms with Crippen LogP contribution in [-0.2, 0) is 9.84 Å². The van der Waals surface area contributed by atoms with Crippen LogP contribution < -0.4 is 0 Å². The fourth-order valence-corrected chi connectivity index (χ4v) is 3.06. The van der Waals surface area contributed by atoms with Crippen LogP contribution in [0.15, 0.2) is 70.4 Å². The van der Waals surface area contributed by atoms with Crippen LogP contribution in [0, 0.1) is 5.82 Å². The predicted molar refractivity (Wildman–Crippen MR) is 82.6 cm³/mol. The summed E-state index contributed by atoms with van der Waals surface area (Å²) in [6, 6.07) is 13.6. The molecule has 0 N–H and O–H groups in total. The summed E-state index contributed by atoms with van der Waals surface area (Å²) < 4.78 is 42.3. The molecule has 3 rings (SSSR count). The summed E-state index contributed by atoms with van der Waals surface area (Å²) in [4.78, 5) is -0.305. The molecule has 0 saturated carbocycles. The normalized spacial score (nSPS) is 11.5. The van der Waals surface area contributed by atoms with Crippen molar-refractivity contribution in [2.75, 3.05) is 6.26 Å². The van der Waals surface area contributed by atoms with Crippen molar-refractivity contribution in [2.45, 2.75) is 4.90 Å². The molecule has 3 nitrogen and oxygen atoms in total. The van der Waals surface area contributed by atoms with E-state index in [0.29, 0.717) is 11.1 Å². The van der Waals surface area contributed by atoms with Gasteiger partial charge in [0.05, 0.1) is 12.5 Å². The third kappa shape index (κ3) is 2.67. The van der Waals surface area contributed by atoms with Gasteiger partial charge in [-0.15, -0.1) is 0 Å². The van der Waals surface area contributed by atoms with Crippen LogP contribution in [-0.4, -0.2) is 14.7 Å². The third-order valence-corrected chi connectivity index (χ3v) is 4.52. The highest BCUT2D eigenvalue weighted by Crippen LogP contribution is 2.34. The smallest absolute Gasteiger partial charge is 0.178 e. The molecule has 0 fully saturated rings. The monoisotopic (exact) mass is 316 g/mol. The summed E-state index contributed by atoms with van der Waals surface area (Å²) in [6.07, 6.45) is 4.10. The maximum Gasteiger partial charge on any atom is 0.178 e. The van der Waals surface area contributed by atoms with Crippen LogP contribution in [0.2, 0.25) is 0 Å². The van der Waals surface area contributed by atoms with Crippen molar-refractivity contribution in [3.8, 4) is 22.3 Å². The number of hydrogen-bond acceptors (Lipinski definition) is 3. The molecule has 0 radical (unpaired) electrons. The van der Waals surface area contributed by atoms with Gasteiger partial charge in [0.15, 0.2) is 9.84 Å². The van der Waals surface area contributed by atoms with E-state index in [-0.39, 0.29) is 4.90 Å². The summed E-state index contributed by atoms with van der Waals surface area (Å²) in [6.45, 7) is 0. The molecule has 0 aliphatic carbocycles. The molecule has 0 amide bonds. The Hall–Kier alpha value is -2.40. The fraction of sp³-hybridized carbons (Fsp3) is 0.0588. The van der Waals surface area contributed by atoms with Crippen molar-refractivity contribution < 1.29 is 17.2 Å². The summed E-state index contributed by atoms with van der Waals surface area (Å²) in [5, 5.41) is 0. The van der Waals surface area contributed by atoms with Crippen LogP contribution >= 0.6 is 0 Å². The molecule has 22 heavy (non-hydrogen) atoms. The average Bonchev–Trinajstić information content (AvgIpc) is 2.96. The lowest BCUT2D eigenvalue weighted by atomic mass is 9.99. The highest BCUT2D eigenvalue weighted by Gasteiger charge is 2.16. The van der Waals surface area contributed by atoms with E-state index in [0.717, 1.165) is 17.4 Å². The molecule has 0 aliphatic rings. The number of furan rings is 1. The van der Waals surface area contributed by atoms with Gasteiger partial charge in [0.25, 0.3) is 0 Å². The molecule has 0 bridgehead atoms. The summed E-state index contributed by atoms with van der Waals surface area (Å²) in [5.41, 5.74) is 3.05. The second-order valence-corrected chi connectivity index (χ2v) is 6.97. The molecule has 0 saturated heterocycles. The van der Waals surface area contributed by atoms with E-state index in [1.807, 2.05) is 30.3 Å². The van der Waals surface area contributed by atoms with Crippen molar-refractivity contribution in [1.29, 1.82) is 0 Å². The van der Waals surface area contributed by atoms with Gasteiger partial charge in [-0.3, -0.25) is 0 Å². The quantitative estimate of drug-likeness (QED) is 0.729. The van der Waals surface area contributed by atoms with E-state index >= 15 is 0 Å². The number of benzene rings is 2. The number of rotatable bonds is 3. The van der Waals surface area contributed by atoms with Crippen LogP contribution in [0.4, 0.5) is 4.39 Å². The van der Waals surface area contributed by atoms with Gasteiger partial charge in [-0.25, -0.2) is 12.8 Å². The van der Waals surface area contributed by atoms with Gasteiger partial charge in [-0.1, -0.05) is 36.4 Å². The predicted octanol–water partition coefficient (Wildman–Crippen LogP) is 4.16. The Balaban J connectivity index is 2.11. The summed E-state index contributed by atoms with van der Waals surface area (Å²) in [5.74, 6) is -0.764. The minimum absolute atomic E-state index is 0.305. The lowest BCUT2D eigenvalue weighted by Gasteiger charge is -2.06. The molecule has 0 atom stereocenters. The van der Waals surface area contributed by atoms with Gasteiger partial charge >= 0.3 is 0 Å². The Morgan fingerprint density at radius 1 is 0.909 bits per heavy atom. The van der Waals surface area contributed by atoms with E-state index in [9.17, 15) is 12.8 Å². The second-order valence-electron chi connectivity index (χ2n) is 4.98. The van der Waals surface area contributed by atoms with Crippen LogP contribution in [0.5, 0.6) is 0 Å². The van der Waals surface area contributed by atoms with Crippen molar-refractivity contribution >= 4 is 9.84 Å². The average molecular weight is 316 g/mol. The largest absolute Gasteiger partial charge is 0.471 e. The first kappa shape index (κ1) is 14.5. The molecule has 1 heterocycles. The Morgan fingerprint density at radius 3 is 2.14 bits per heavy atom. The minimum atomic E-state index is -3.58. The zero-order valence-corrected chi connectivity index (χ0v) is 12.6. The fourth-order valence-electron chi connectivity index (χ4n) is 2.33. The third-order valence-electron chi connectivity index (χ3n) is 3.39. The molecule has 1 aromatic heterocycles. The molecular formula is C17H13FO3S. The van der Waals surface area contributed by atoms with Crippen molar-refractivity contribution in [1.82, 2.24) is 0 Å². The molecule has 3 aromatic rings. The van der Waals surface area contributed by atoms with Gasteiger partial charge in [-0.05, 0) is 23.3 Å². The number of hydrogen-bond donors (Lipinski definition) is 0. The number of halogens is 1. The van der Waals surface area contributed by atoms with E-state index in [1.165, 1.54) is 18.4 Å². The SMILES string of the molecule is CS(=O)(=O)c1ccc(-c2cocc2-c2ccccc2)cc1F. The zero-order chi connectivity index (χ0) is 15.7. The first-order chi connectivity index (χ1) is 10.5. The van der Waals surface area contributed by atoms with Crippen LogP contribution in [0.25, 0.3) is 22.3 Å². The minimum Gasteiger partial charge on any atom is -0.471 e. The van der Waals surface area contributed by atoms with Gasteiger partial charge in [0.2, 0.25) is 0 Å². The lowest BCUT2D eigenvalue weighted by molar-refractivity contribution is 0.568. The first-order valence-electron chi connectivity index (χ1n) is 6.58. The van der Waals surface area contributed by atoms with Gasteiger partial charge in [-0.2, -0.15) is 0 Å². The molecule has 0 aliphatic heterocycles. The van der Waals surface area contributed by atoms with Gasteiger partial charge in [0, 0.05) is 17.4 Å². The highest BCUT2D eigenvalue weighted by molar-refractivity contribution is 7.90. The highest BCUT2D eigenvalue weighted by atomic mass is 32.2. The van der Waals surface area contributed by atoms with Crippen molar-refractivity contribution in [2.24, 2.45) is 0 Å². The lowest BCUT2D eigenvalue weighted by Crippen LogP contribution is -2.00. The zero-order valence-electron chi connectivity index (χ0n) is 11.8. The van der Waals surface area contributed by atoms with Crippen molar-refractivity contribution in [3.05, 3.63) is 66.9 Å². The van der Waals surface area contributed by atoms with Crippen LogP contribution in [0.3, 0.4) is 0 Å². The standard InChI is InChI=1S/C17H13FO3S/c1-22(19,20)17-8-7-13(9-16(17)18)15-11-21-10-14(15)12-5-3-2-4-6-12/h2-11H,1H3. The maximum absolute atomic E-state index is 14.1. The Bertz CT molecular complexity index is 912. The maximum atomic E-state index is 14.1. The first-order valence-corrected chi connectivity index (χ1v) is 8.47. The molecule has 0 unspecified atom stereocenters. The van der Waals surface area contributed by atoms with E-state index in [4.69, 9.17) is 4.42 Å². The molecular weight excluding hydrogens is 303 g/mol. The molecule has 5 heteroatoms. The Kier molecular flexibility index (Phi) is 3.58. The topological polar surface area (TPSA) is 47.3 Å². The molecule has 0 spiro atoms. The number of sulfone groups is 1.